The highest BCUT2D eigenvalue weighted by molar-refractivity contribution is 5.71. The monoisotopic (exact) mass is 476 g/mol. The summed E-state index contributed by atoms with van der Waals surface area (Å²) in [5.41, 5.74) is 9.75. The number of carbonyl (C=O) groups is 2. The molecular weight excluding hydrogens is 444 g/mol. The van der Waals surface area contributed by atoms with Crippen LogP contribution in [-0.4, -0.2) is 74.5 Å². The number of esters is 1. The molecule has 5 atom stereocenters. The SMILES string of the molecule is CCOC(=O)CCCCCO[C@@H]1C(CN=[N+]=[N-])O[C@H](OC)C2[C@H]1OC(=O)N2Cc1ccccc1. The van der Waals surface area contributed by atoms with Crippen molar-refractivity contribution in [3.05, 3.63) is 46.3 Å². The molecule has 1 aromatic rings. The zero-order chi connectivity index (χ0) is 24.3. The summed E-state index contributed by atoms with van der Waals surface area (Å²) in [6.45, 7) is 2.89. The molecule has 11 heteroatoms. The molecule has 0 radical (unpaired) electrons. The molecule has 1 amide bonds. The highest BCUT2D eigenvalue weighted by Gasteiger charge is 2.56. The average molecular weight is 477 g/mol. The highest BCUT2D eigenvalue weighted by Crippen LogP contribution is 2.36. The molecule has 2 aliphatic rings. The van der Waals surface area contributed by atoms with Crippen LogP contribution in [0.25, 0.3) is 10.4 Å². The fourth-order valence-corrected chi connectivity index (χ4v) is 4.27. The summed E-state index contributed by atoms with van der Waals surface area (Å²) in [6.07, 6.45) is -0.592. The third-order valence-corrected chi connectivity index (χ3v) is 5.84. The van der Waals surface area contributed by atoms with Crippen molar-refractivity contribution in [3.8, 4) is 0 Å². The second-order valence-electron chi connectivity index (χ2n) is 8.10. The van der Waals surface area contributed by atoms with Crippen molar-refractivity contribution in [1.29, 1.82) is 0 Å². The van der Waals surface area contributed by atoms with E-state index < -0.39 is 36.7 Å². The van der Waals surface area contributed by atoms with Gasteiger partial charge in [-0.15, -0.1) is 0 Å². The molecule has 34 heavy (non-hydrogen) atoms. The van der Waals surface area contributed by atoms with Crippen LogP contribution in [-0.2, 0) is 35.0 Å². The van der Waals surface area contributed by atoms with Crippen LogP contribution in [0, 0.1) is 0 Å². The molecule has 0 spiro atoms. The molecule has 3 rings (SSSR count). The van der Waals surface area contributed by atoms with E-state index in [0.29, 0.717) is 39.0 Å². The summed E-state index contributed by atoms with van der Waals surface area (Å²) in [7, 11) is 1.50. The minimum Gasteiger partial charge on any atom is -0.466 e. The first-order valence-electron chi connectivity index (χ1n) is 11.6. The molecule has 2 heterocycles. The van der Waals surface area contributed by atoms with Crippen LogP contribution in [0.1, 0.15) is 38.2 Å². The van der Waals surface area contributed by atoms with Crippen LogP contribution in [0.4, 0.5) is 4.79 Å². The topological polar surface area (TPSA) is 132 Å². The zero-order valence-corrected chi connectivity index (χ0v) is 19.6. The maximum Gasteiger partial charge on any atom is 0.411 e. The van der Waals surface area contributed by atoms with E-state index in [1.54, 1.807) is 11.8 Å². The Labute approximate surface area is 198 Å². The van der Waals surface area contributed by atoms with Gasteiger partial charge in [0.1, 0.15) is 12.1 Å². The number of carbonyl (C=O) groups excluding carboxylic acids is 2. The quantitative estimate of drug-likeness (QED) is 0.140. The molecule has 1 aromatic carbocycles. The van der Waals surface area contributed by atoms with Gasteiger partial charge in [0.05, 0.1) is 19.3 Å². The standard InChI is InChI=1S/C23H32N4O7/c1-3-31-18(28)12-8-5-9-13-32-20-17(14-25-26-24)33-22(30-2)19-21(20)34-23(29)27(19)15-16-10-6-4-7-11-16/h4,6-7,10-11,17,19-22H,3,5,8-9,12-15H2,1-2H3/t17?,19?,20-,21-,22+/m1/s1. The number of hydrogen-bond acceptors (Lipinski definition) is 8. The third kappa shape index (κ3) is 6.60. The van der Waals surface area contributed by atoms with Gasteiger partial charge < -0.3 is 23.7 Å². The van der Waals surface area contributed by atoms with Crippen LogP contribution in [0.3, 0.4) is 0 Å². The van der Waals surface area contributed by atoms with Gasteiger partial charge in [-0.1, -0.05) is 41.9 Å². The molecule has 2 unspecified atom stereocenters. The molecule has 0 bridgehead atoms. The van der Waals surface area contributed by atoms with Gasteiger partial charge in [0, 0.05) is 31.6 Å². The van der Waals surface area contributed by atoms with Crippen molar-refractivity contribution < 1.29 is 33.3 Å². The highest BCUT2D eigenvalue weighted by atomic mass is 16.7. The Morgan fingerprint density at radius 2 is 2.03 bits per heavy atom. The van der Waals surface area contributed by atoms with Crippen LogP contribution in [0.2, 0.25) is 0 Å². The number of rotatable bonds is 13. The molecule has 2 aliphatic heterocycles. The molecule has 0 saturated carbocycles. The van der Waals surface area contributed by atoms with E-state index >= 15 is 0 Å². The van der Waals surface area contributed by atoms with E-state index in [1.807, 2.05) is 30.3 Å². The van der Waals surface area contributed by atoms with Crippen molar-refractivity contribution in [2.75, 3.05) is 26.9 Å². The van der Waals surface area contributed by atoms with E-state index in [0.717, 1.165) is 12.0 Å². The first-order valence-corrected chi connectivity index (χ1v) is 11.6. The minimum absolute atomic E-state index is 0.0172. The number of methoxy groups -OCH3 is 1. The van der Waals surface area contributed by atoms with Crippen molar-refractivity contribution in [1.82, 2.24) is 4.90 Å². The Morgan fingerprint density at radius 3 is 2.74 bits per heavy atom. The number of unbranched alkanes of at least 4 members (excludes halogenated alkanes) is 2. The Kier molecular flexibility index (Phi) is 9.96. The second kappa shape index (κ2) is 13.1. The number of azide groups is 1. The van der Waals surface area contributed by atoms with Crippen LogP contribution in [0.5, 0.6) is 0 Å². The van der Waals surface area contributed by atoms with Crippen molar-refractivity contribution in [2.24, 2.45) is 5.11 Å². The Morgan fingerprint density at radius 1 is 1.24 bits per heavy atom. The molecule has 0 aromatic heterocycles. The first-order chi connectivity index (χ1) is 16.6. The Bertz CT molecular complexity index is 849. The molecule has 0 N–H and O–H groups in total. The lowest BCUT2D eigenvalue weighted by molar-refractivity contribution is -0.259. The molecule has 0 aliphatic carbocycles. The van der Waals surface area contributed by atoms with Crippen LogP contribution in [0.15, 0.2) is 35.4 Å². The summed E-state index contributed by atoms with van der Waals surface area (Å²) in [5.74, 6) is -0.205. The average Bonchev–Trinajstić information content (AvgIpc) is 3.16. The van der Waals surface area contributed by atoms with Crippen molar-refractivity contribution >= 4 is 12.1 Å². The number of fused-ring (bicyclic) bond motifs is 1. The third-order valence-electron chi connectivity index (χ3n) is 5.84. The van der Waals surface area contributed by atoms with E-state index in [-0.39, 0.29) is 12.5 Å². The van der Waals surface area contributed by atoms with Gasteiger partial charge in [-0.2, -0.15) is 0 Å². The summed E-state index contributed by atoms with van der Waals surface area (Å²) in [6, 6.07) is 9.06. The minimum atomic E-state index is -0.761. The predicted molar refractivity (Wildman–Crippen MR) is 121 cm³/mol. The smallest absolute Gasteiger partial charge is 0.411 e. The van der Waals surface area contributed by atoms with Gasteiger partial charge in [-0.05, 0) is 30.9 Å². The van der Waals surface area contributed by atoms with Crippen LogP contribution < -0.4 is 0 Å². The molecule has 2 fully saturated rings. The molecular formula is C23H32N4O7. The number of ether oxygens (including phenoxy) is 5. The summed E-state index contributed by atoms with van der Waals surface area (Å²) >= 11 is 0. The largest absolute Gasteiger partial charge is 0.466 e. The van der Waals surface area contributed by atoms with E-state index in [9.17, 15) is 9.59 Å². The van der Waals surface area contributed by atoms with Gasteiger partial charge in [-0.25, -0.2) is 4.79 Å². The fraction of sp³-hybridized carbons (Fsp3) is 0.652. The number of benzene rings is 1. The normalized spacial score (nSPS) is 25.9. The van der Waals surface area contributed by atoms with Gasteiger partial charge >= 0.3 is 12.1 Å². The van der Waals surface area contributed by atoms with Gasteiger partial charge in [-0.3, -0.25) is 9.69 Å². The predicted octanol–water partition coefficient (Wildman–Crippen LogP) is 3.57. The summed E-state index contributed by atoms with van der Waals surface area (Å²) < 4.78 is 28.4. The van der Waals surface area contributed by atoms with E-state index in [1.165, 1.54) is 7.11 Å². The summed E-state index contributed by atoms with van der Waals surface area (Å²) in [5, 5.41) is 3.64. The number of nitrogens with zero attached hydrogens (tertiary/aromatic N) is 4. The Balaban J connectivity index is 1.65. The number of amides is 1. The maximum atomic E-state index is 12.8. The summed E-state index contributed by atoms with van der Waals surface area (Å²) in [4.78, 5) is 28.7. The second-order valence-corrected chi connectivity index (χ2v) is 8.10. The van der Waals surface area contributed by atoms with E-state index in [2.05, 4.69) is 10.0 Å². The maximum absolute atomic E-state index is 12.8. The fourth-order valence-electron chi connectivity index (χ4n) is 4.27. The van der Waals surface area contributed by atoms with Gasteiger partial charge in [0.2, 0.25) is 0 Å². The van der Waals surface area contributed by atoms with Crippen LogP contribution >= 0.6 is 0 Å². The molecule has 186 valence electrons. The zero-order valence-electron chi connectivity index (χ0n) is 19.6. The van der Waals surface area contributed by atoms with E-state index in [4.69, 9.17) is 29.2 Å². The van der Waals surface area contributed by atoms with Gasteiger partial charge in [0.25, 0.3) is 0 Å². The van der Waals surface area contributed by atoms with Gasteiger partial charge in [0.15, 0.2) is 12.4 Å². The molecule has 2 saturated heterocycles. The number of hydrogen-bond donors (Lipinski definition) is 0. The molecule has 11 nitrogen and oxygen atoms in total. The Hall–Kier alpha value is -2.85. The lowest BCUT2D eigenvalue weighted by atomic mass is 9.95. The first kappa shape index (κ1) is 25.8. The lowest BCUT2D eigenvalue weighted by Gasteiger charge is -2.43. The lowest BCUT2D eigenvalue weighted by Crippen LogP contribution is -2.61. The van der Waals surface area contributed by atoms with Crippen molar-refractivity contribution in [3.63, 3.8) is 0 Å². The van der Waals surface area contributed by atoms with Crippen molar-refractivity contribution in [2.45, 2.75) is 69.8 Å².